The lowest BCUT2D eigenvalue weighted by atomic mass is 10.2. The molecule has 0 N–H and O–H groups in total. The van der Waals surface area contributed by atoms with Gasteiger partial charge in [-0.15, -0.1) is 0 Å². The molecule has 0 saturated heterocycles. The van der Waals surface area contributed by atoms with Gasteiger partial charge in [0.25, 0.3) is 0 Å². The zero-order valence-electron chi connectivity index (χ0n) is 7.60. The number of halogens is 3. The highest BCUT2D eigenvalue weighted by molar-refractivity contribution is 5.76. The Kier molecular flexibility index (Phi) is 3.55. The number of nitrogens with zero attached hydrogens (tertiary/aromatic N) is 1. The molecule has 0 aromatic carbocycles. The fraction of sp³-hybridized carbons (Fsp3) is 0.667. The van der Waals surface area contributed by atoms with E-state index in [1.807, 2.05) is 0 Å². The van der Waals surface area contributed by atoms with Gasteiger partial charge >= 0.3 is 6.18 Å². The van der Waals surface area contributed by atoms with Crippen LogP contribution in [0.4, 0.5) is 13.2 Å². The molecule has 0 unspecified atom stereocenters. The van der Waals surface area contributed by atoms with Crippen molar-refractivity contribution in [1.29, 1.82) is 0 Å². The summed E-state index contributed by atoms with van der Waals surface area (Å²) < 4.78 is 35.4. The van der Waals surface area contributed by atoms with Crippen molar-refractivity contribution in [1.82, 2.24) is 4.90 Å². The lowest BCUT2D eigenvalue weighted by Gasteiger charge is -2.23. The predicted molar refractivity (Wildman–Crippen MR) is 44.3 cm³/mol. The average Bonchev–Trinajstić information content (AvgIpc) is 2.14. The topological polar surface area (TPSA) is 20.3 Å². The minimum absolute atomic E-state index is 0.386. The average molecular weight is 206 g/mol. The Morgan fingerprint density at radius 1 is 1.50 bits per heavy atom. The number of carbonyl (C=O) groups excluding carboxylic acids is 1. The second kappa shape index (κ2) is 4.48. The van der Waals surface area contributed by atoms with E-state index in [1.54, 1.807) is 6.08 Å². The van der Waals surface area contributed by atoms with E-state index < -0.39 is 24.9 Å². The van der Waals surface area contributed by atoms with Crippen molar-refractivity contribution in [3.05, 3.63) is 12.2 Å². The second-order valence-corrected chi connectivity index (χ2v) is 3.11. The van der Waals surface area contributed by atoms with Gasteiger partial charge in [0, 0.05) is 19.5 Å². The van der Waals surface area contributed by atoms with Gasteiger partial charge in [0.15, 0.2) is 0 Å². The summed E-state index contributed by atoms with van der Waals surface area (Å²) >= 11 is 0. The highest BCUT2D eigenvalue weighted by atomic mass is 19.4. The van der Waals surface area contributed by atoms with Gasteiger partial charge in [-0.05, 0) is 12.5 Å². The summed E-state index contributed by atoms with van der Waals surface area (Å²) in [7, 11) is 0. The van der Waals surface area contributed by atoms with E-state index >= 15 is 0 Å². The van der Waals surface area contributed by atoms with Gasteiger partial charge in [-0.25, -0.2) is 0 Å². The van der Waals surface area contributed by atoms with Crippen LogP contribution in [-0.4, -0.2) is 30.1 Å². The lowest BCUT2D eigenvalue weighted by molar-refractivity contribution is -0.148. The Balaban J connectivity index is 2.31. The van der Waals surface area contributed by atoms with Crippen LogP contribution in [0, 0.1) is 6.08 Å². The molecule has 0 fully saturated rings. The van der Waals surface area contributed by atoms with Crippen LogP contribution in [0.1, 0.15) is 19.3 Å². The minimum Gasteiger partial charge on any atom is -0.339 e. The van der Waals surface area contributed by atoms with Crippen LogP contribution >= 0.6 is 0 Å². The molecule has 1 aliphatic rings. The molecule has 0 aromatic heterocycles. The third-order valence-electron chi connectivity index (χ3n) is 1.96. The SMILES string of the molecule is O=C(CCC(F)(F)F)N1CC=[C]CC1. The molecule has 0 aromatic rings. The second-order valence-electron chi connectivity index (χ2n) is 3.11. The summed E-state index contributed by atoms with van der Waals surface area (Å²) in [6.45, 7) is 0.865. The van der Waals surface area contributed by atoms with E-state index in [1.165, 1.54) is 4.90 Å². The number of amides is 1. The van der Waals surface area contributed by atoms with Crippen molar-refractivity contribution >= 4 is 5.91 Å². The first-order valence-corrected chi connectivity index (χ1v) is 4.38. The molecule has 0 saturated carbocycles. The van der Waals surface area contributed by atoms with Gasteiger partial charge in [0.1, 0.15) is 0 Å². The van der Waals surface area contributed by atoms with Gasteiger partial charge in [-0.1, -0.05) is 6.08 Å². The van der Waals surface area contributed by atoms with Gasteiger partial charge in [-0.3, -0.25) is 4.79 Å². The molecule has 0 bridgehead atoms. The summed E-state index contributed by atoms with van der Waals surface area (Å²) in [5, 5.41) is 0. The van der Waals surface area contributed by atoms with Gasteiger partial charge in [0.05, 0.1) is 6.42 Å². The van der Waals surface area contributed by atoms with E-state index in [9.17, 15) is 18.0 Å². The molecule has 79 valence electrons. The highest BCUT2D eigenvalue weighted by Crippen LogP contribution is 2.22. The third kappa shape index (κ3) is 3.81. The molecule has 2 nitrogen and oxygen atoms in total. The molecule has 1 aliphatic heterocycles. The number of hydrogen-bond acceptors (Lipinski definition) is 1. The molecule has 1 rings (SSSR count). The van der Waals surface area contributed by atoms with Crippen LogP contribution in [0.25, 0.3) is 0 Å². The van der Waals surface area contributed by atoms with Crippen molar-refractivity contribution in [3.63, 3.8) is 0 Å². The molecule has 5 heteroatoms. The van der Waals surface area contributed by atoms with Crippen LogP contribution in [0.15, 0.2) is 6.08 Å². The standard InChI is InChI=1S/C9H11F3NO/c10-9(11,12)5-4-8(14)13-6-2-1-3-7-13/h2H,3-7H2. The van der Waals surface area contributed by atoms with Crippen molar-refractivity contribution < 1.29 is 18.0 Å². The maximum atomic E-state index is 11.8. The normalized spacial score (nSPS) is 17.2. The summed E-state index contributed by atoms with van der Waals surface area (Å²) in [6.07, 6.45) is -0.536. The Labute approximate surface area is 80.4 Å². The molecular weight excluding hydrogens is 195 g/mol. The molecule has 0 spiro atoms. The molecule has 14 heavy (non-hydrogen) atoms. The van der Waals surface area contributed by atoms with Gasteiger partial charge in [-0.2, -0.15) is 13.2 Å². The number of rotatable bonds is 2. The fourth-order valence-electron chi connectivity index (χ4n) is 1.20. The Morgan fingerprint density at radius 2 is 2.21 bits per heavy atom. The quantitative estimate of drug-likeness (QED) is 0.676. The maximum Gasteiger partial charge on any atom is 0.389 e. The summed E-state index contributed by atoms with van der Waals surface area (Å²) in [4.78, 5) is 12.6. The first-order valence-electron chi connectivity index (χ1n) is 4.38. The van der Waals surface area contributed by atoms with Crippen molar-refractivity contribution in [2.24, 2.45) is 0 Å². The van der Waals surface area contributed by atoms with Crippen LogP contribution in [0.5, 0.6) is 0 Å². The van der Waals surface area contributed by atoms with E-state index in [2.05, 4.69) is 6.08 Å². The van der Waals surface area contributed by atoms with Gasteiger partial charge in [0.2, 0.25) is 5.91 Å². The molecule has 1 radical (unpaired) electrons. The van der Waals surface area contributed by atoms with Crippen LogP contribution in [0.2, 0.25) is 0 Å². The van der Waals surface area contributed by atoms with Crippen LogP contribution in [0.3, 0.4) is 0 Å². The summed E-state index contributed by atoms with van der Waals surface area (Å²) in [5.41, 5.74) is 0. The highest BCUT2D eigenvalue weighted by Gasteiger charge is 2.29. The molecular formula is C9H11F3NO. The van der Waals surface area contributed by atoms with E-state index in [-0.39, 0.29) is 0 Å². The molecule has 0 atom stereocenters. The monoisotopic (exact) mass is 206 g/mol. The first-order chi connectivity index (χ1) is 6.49. The van der Waals surface area contributed by atoms with E-state index in [4.69, 9.17) is 0 Å². The maximum absolute atomic E-state index is 11.8. The molecule has 1 amide bonds. The van der Waals surface area contributed by atoms with E-state index in [0.29, 0.717) is 19.5 Å². The Hall–Kier alpha value is -1.00. The summed E-state index contributed by atoms with van der Waals surface area (Å²) in [6, 6.07) is 0. The summed E-state index contributed by atoms with van der Waals surface area (Å²) in [5.74, 6) is -0.430. The van der Waals surface area contributed by atoms with E-state index in [0.717, 1.165) is 0 Å². The van der Waals surface area contributed by atoms with Crippen molar-refractivity contribution in [2.45, 2.75) is 25.4 Å². The van der Waals surface area contributed by atoms with Crippen LogP contribution in [-0.2, 0) is 4.79 Å². The van der Waals surface area contributed by atoms with Crippen molar-refractivity contribution in [2.75, 3.05) is 13.1 Å². The van der Waals surface area contributed by atoms with Gasteiger partial charge < -0.3 is 4.90 Å². The largest absolute Gasteiger partial charge is 0.389 e. The third-order valence-corrected chi connectivity index (χ3v) is 1.96. The zero-order chi connectivity index (χ0) is 10.6. The molecule has 0 aliphatic carbocycles. The van der Waals surface area contributed by atoms with Crippen LogP contribution < -0.4 is 0 Å². The molecule has 1 heterocycles. The zero-order valence-corrected chi connectivity index (χ0v) is 7.60. The smallest absolute Gasteiger partial charge is 0.339 e. The minimum atomic E-state index is -4.24. The Bertz CT molecular complexity index is 235. The lowest BCUT2D eigenvalue weighted by Crippen LogP contribution is -2.34. The number of alkyl halides is 3. The predicted octanol–water partition coefficient (Wildman–Crippen LogP) is 1.92. The first kappa shape index (κ1) is 11.1. The fourth-order valence-corrected chi connectivity index (χ4v) is 1.20. The Morgan fingerprint density at radius 3 is 2.71 bits per heavy atom. The van der Waals surface area contributed by atoms with Crippen molar-refractivity contribution in [3.8, 4) is 0 Å². The number of carbonyl (C=O) groups is 1. The number of hydrogen-bond donors (Lipinski definition) is 0.